The summed E-state index contributed by atoms with van der Waals surface area (Å²) in [4.78, 5) is 30.1. The van der Waals surface area contributed by atoms with E-state index in [1.54, 1.807) is 12.1 Å². The van der Waals surface area contributed by atoms with Crippen molar-refractivity contribution in [1.82, 2.24) is 9.47 Å². The van der Waals surface area contributed by atoms with Crippen LogP contribution in [0.15, 0.2) is 63.8 Å². The summed E-state index contributed by atoms with van der Waals surface area (Å²) >= 11 is 6.12. The third kappa shape index (κ3) is 3.37. The highest BCUT2D eigenvalue weighted by atomic mass is 35.5. The first kappa shape index (κ1) is 19.7. The number of aromatic nitrogens is 1. The molecular formula is C24H22ClN3O3. The van der Waals surface area contributed by atoms with Gasteiger partial charge in [0, 0.05) is 48.8 Å². The van der Waals surface area contributed by atoms with E-state index in [0.717, 1.165) is 29.7 Å². The molecular weight excluding hydrogens is 414 g/mol. The van der Waals surface area contributed by atoms with Gasteiger partial charge in [0.15, 0.2) is 0 Å². The molecule has 1 aliphatic rings. The first-order valence-corrected chi connectivity index (χ1v) is 10.8. The third-order valence-electron chi connectivity index (χ3n) is 5.94. The van der Waals surface area contributed by atoms with Crippen molar-refractivity contribution in [3.63, 3.8) is 0 Å². The molecule has 158 valence electrons. The standard InChI is InChI=1S/C24H22ClN3O3/c1-2-28-20(15-19-22(28)18-8-3-4-9-21(18)31-24(19)30)23(29)27-12-10-26(11-13-27)17-7-5-6-16(25)14-17/h3-9,14-15H,2,10-13H2,1H3. The Balaban J connectivity index is 1.47. The summed E-state index contributed by atoms with van der Waals surface area (Å²) in [5, 5.41) is 1.99. The highest BCUT2D eigenvalue weighted by Gasteiger charge is 2.26. The average Bonchev–Trinajstić information content (AvgIpc) is 3.19. The van der Waals surface area contributed by atoms with Crippen LogP contribution >= 0.6 is 11.6 Å². The van der Waals surface area contributed by atoms with E-state index in [0.29, 0.717) is 41.3 Å². The lowest BCUT2D eigenvalue weighted by atomic mass is 10.2. The molecule has 0 bridgehead atoms. The Hall–Kier alpha value is -3.25. The minimum atomic E-state index is -0.416. The van der Waals surface area contributed by atoms with Gasteiger partial charge in [-0.2, -0.15) is 0 Å². The van der Waals surface area contributed by atoms with Crippen LogP contribution in [0.3, 0.4) is 0 Å². The zero-order valence-electron chi connectivity index (χ0n) is 17.2. The van der Waals surface area contributed by atoms with Gasteiger partial charge in [-0.1, -0.05) is 29.8 Å². The second-order valence-corrected chi connectivity index (χ2v) is 8.12. The number of nitrogens with zero attached hydrogens (tertiary/aromatic N) is 3. The van der Waals surface area contributed by atoms with E-state index >= 15 is 0 Å². The van der Waals surface area contributed by atoms with E-state index in [4.69, 9.17) is 16.0 Å². The lowest BCUT2D eigenvalue weighted by Crippen LogP contribution is -2.49. The summed E-state index contributed by atoms with van der Waals surface area (Å²) in [6.45, 7) is 5.22. The van der Waals surface area contributed by atoms with Crippen LogP contribution < -0.4 is 10.5 Å². The molecule has 2 aromatic carbocycles. The van der Waals surface area contributed by atoms with Gasteiger partial charge in [0.05, 0.1) is 10.9 Å². The summed E-state index contributed by atoms with van der Waals surface area (Å²) in [7, 11) is 0. The predicted octanol–water partition coefficient (Wildman–Crippen LogP) is 4.38. The molecule has 3 heterocycles. The number of fused-ring (bicyclic) bond motifs is 3. The van der Waals surface area contributed by atoms with Crippen LogP contribution in [-0.2, 0) is 6.54 Å². The van der Waals surface area contributed by atoms with Gasteiger partial charge in [-0.05, 0) is 43.3 Å². The number of benzene rings is 2. The van der Waals surface area contributed by atoms with E-state index in [-0.39, 0.29) is 5.91 Å². The second-order valence-electron chi connectivity index (χ2n) is 7.68. The largest absolute Gasteiger partial charge is 0.422 e. The van der Waals surface area contributed by atoms with Crippen LogP contribution in [-0.4, -0.2) is 41.6 Å². The lowest BCUT2D eigenvalue weighted by Gasteiger charge is -2.36. The van der Waals surface area contributed by atoms with Crippen molar-refractivity contribution in [2.45, 2.75) is 13.5 Å². The number of hydrogen-bond acceptors (Lipinski definition) is 4. The van der Waals surface area contributed by atoms with Gasteiger partial charge in [0.25, 0.3) is 5.91 Å². The number of halogens is 1. The number of para-hydroxylation sites is 1. The van der Waals surface area contributed by atoms with Crippen molar-refractivity contribution >= 4 is 45.1 Å². The van der Waals surface area contributed by atoms with Crippen molar-refractivity contribution in [3.8, 4) is 0 Å². The third-order valence-corrected chi connectivity index (χ3v) is 6.17. The molecule has 0 aliphatic carbocycles. The molecule has 6 nitrogen and oxygen atoms in total. The monoisotopic (exact) mass is 435 g/mol. The normalized spacial score (nSPS) is 14.5. The Kier molecular flexibility index (Phi) is 4.94. The topological polar surface area (TPSA) is 58.7 Å². The summed E-state index contributed by atoms with van der Waals surface area (Å²) in [5.41, 5.74) is 2.46. The number of amides is 1. The number of carbonyl (C=O) groups is 1. The Morgan fingerprint density at radius 1 is 1.00 bits per heavy atom. The second kappa shape index (κ2) is 7.78. The van der Waals surface area contributed by atoms with E-state index in [1.807, 2.05) is 58.9 Å². The van der Waals surface area contributed by atoms with Gasteiger partial charge in [-0.15, -0.1) is 0 Å². The van der Waals surface area contributed by atoms with Gasteiger partial charge < -0.3 is 18.8 Å². The van der Waals surface area contributed by atoms with Gasteiger partial charge in [-0.25, -0.2) is 4.79 Å². The van der Waals surface area contributed by atoms with Gasteiger partial charge in [0.2, 0.25) is 0 Å². The first-order chi connectivity index (χ1) is 15.1. The molecule has 1 saturated heterocycles. The molecule has 4 aromatic rings. The van der Waals surface area contributed by atoms with Crippen molar-refractivity contribution in [2.75, 3.05) is 31.1 Å². The average molecular weight is 436 g/mol. The fourth-order valence-corrected chi connectivity index (χ4v) is 4.59. The van der Waals surface area contributed by atoms with Crippen LogP contribution in [0.4, 0.5) is 5.69 Å². The maximum absolute atomic E-state index is 13.4. The lowest BCUT2D eigenvalue weighted by molar-refractivity contribution is 0.0736. The summed E-state index contributed by atoms with van der Waals surface area (Å²) < 4.78 is 7.41. The van der Waals surface area contributed by atoms with Crippen LogP contribution in [0.1, 0.15) is 17.4 Å². The molecule has 7 heteroatoms. The van der Waals surface area contributed by atoms with Crippen LogP contribution in [0.25, 0.3) is 21.9 Å². The molecule has 0 spiro atoms. The maximum atomic E-state index is 13.4. The number of piperazine rings is 1. The van der Waals surface area contributed by atoms with Crippen molar-refractivity contribution < 1.29 is 9.21 Å². The quantitative estimate of drug-likeness (QED) is 0.448. The molecule has 0 atom stereocenters. The molecule has 5 rings (SSSR count). The first-order valence-electron chi connectivity index (χ1n) is 10.4. The van der Waals surface area contributed by atoms with Gasteiger partial charge >= 0.3 is 5.63 Å². The van der Waals surface area contributed by atoms with Crippen molar-refractivity contribution in [3.05, 3.63) is 75.7 Å². The Morgan fingerprint density at radius 3 is 2.52 bits per heavy atom. The molecule has 2 aromatic heterocycles. The zero-order chi connectivity index (χ0) is 21.5. The number of anilines is 1. The highest BCUT2D eigenvalue weighted by molar-refractivity contribution is 6.30. The number of carbonyl (C=O) groups excluding carboxylic acids is 1. The molecule has 0 saturated carbocycles. The minimum absolute atomic E-state index is 0.0627. The molecule has 1 aliphatic heterocycles. The summed E-state index contributed by atoms with van der Waals surface area (Å²) in [6, 6.07) is 16.9. The van der Waals surface area contributed by atoms with E-state index in [9.17, 15) is 9.59 Å². The smallest absolute Gasteiger partial charge is 0.345 e. The zero-order valence-corrected chi connectivity index (χ0v) is 17.9. The fraction of sp³-hybridized carbons (Fsp3) is 0.250. The predicted molar refractivity (Wildman–Crippen MR) is 123 cm³/mol. The number of hydrogen-bond donors (Lipinski definition) is 0. The van der Waals surface area contributed by atoms with Crippen LogP contribution in [0.2, 0.25) is 5.02 Å². The summed E-state index contributed by atoms with van der Waals surface area (Å²) in [6.07, 6.45) is 0. The van der Waals surface area contributed by atoms with Crippen LogP contribution in [0.5, 0.6) is 0 Å². The Morgan fingerprint density at radius 2 is 1.77 bits per heavy atom. The number of aryl methyl sites for hydroxylation is 1. The van der Waals surface area contributed by atoms with E-state index in [1.165, 1.54) is 0 Å². The molecule has 1 fully saturated rings. The van der Waals surface area contributed by atoms with Crippen LogP contribution in [0, 0.1) is 0 Å². The fourth-order valence-electron chi connectivity index (χ4n) is 4.41. The Bertz CT molecular complexity index is 1350. The molecule has 1 amide bonds. The number of rotatable bonds is 3. The maximum Gasteiger partial charge on any atom is 0.345 e. The molecule has 0 unspecified atom stereocenters. The van der Waals surface area contributed by atoms with Gasteiger partial charge in [0.1, 0.15) is 11.3 Å². The Labute approximate surface area is 184 Å². The molecule has 31 heavy (non-hydrogen) atoms. The minimum Gasteiger partial charge on any atom is -0.422 e. The summed E-state index contributed by atoms with van der Waals surface area (Å²) in [5.74, 6) is -0.0627. The van der Waals surface area contributed by atoms with Crippen molar-refractivity contribution in [2.24, 2.45) is 0 Å². The molecule has 0 radical (unpaired) electrons. The van der Waals surface area contributed by atoms with Gasteiger partial charge in [-0.3, -0.25) is 4.79 Å². The van der Waals surface area contributed by atoms with E-state index < -0.39 is 5.63 Å². The van der Waals surface area contributed by atoms with Crippen molar-refractivity contribution in [1.29, 1.82) is 0 Å². The SMILES string of the molecule is CCn1c(C(=O)N2CCN(c3cccc(Cl)c3)CC2)cc2c(=O)oc3ccccc3c21. The molecule has 0 N–H and O–H groups in total. The van der Waals surface area contributed by atoms with E-state index in [2.05, 4.69) is 4.90 Å². The highest BCUT2D eigenvalue weighted by Crippen LogP contribution is 2.27.